The highest BCUT2D eigenvalue weighted by Gasteiger charge is 2.41. The molecule has 0 bridgehead atoms. The molecule has 0 unspecified atom stereocenters. The number of aliphatic hydroxyl groups excluding tert-OH is 1. The van der Waals surface area contributed by atoms with Gasteiger partial charge in [-0.05, 0) is 24.7 Å². The number of carbonyl (C=O) groups is 1. The van der Waals surface area contributed by atoms with E-state index in [-0.39, 0.29) is 17.9 Å². The molecule has 0 heterocycles. The van der Waals surface area contributed by atoms with Crippen molar-refractivity contribution in [3.63, 3.8) is 0 Å². The van der Waals surface area contributed by atoms with Crippen molar-refractivity contribution >= 4 is 5.91 Å². The molecule has 1 aliphatic carbocycles. The lowest BCUT2D eigenvalue weighted by Gasteiger charge is -2.12. The van der Waals surface area contributed by atoms with E-state index in [4.69, 9.17) is 5.11 Å². The van der Waals surface area contributed by atoms with E-state index in [0.29, 0.717) is 0 Å². The van der Waals surface area contributed by atoms with E-state index in [1.165, 1.54) is 6.92 Å². The van der Waals surface area contributed by atoms with Gasteiger partial charge in [-0.15, -0.1) is 0 Å². The van der Waals surface area contributed by atoms with Gasteiger partial charge in [0.15, 0.2) is 0 Å². The number of amides is 1. The van der Waals surface area contributed by atoms with Crippen LogP contribution in [0.3, 0.4) is 0 Å². The van der Waals surface area contributed by atoms with Crippen molar-refractivity contribution in [2.24, 2.45) is 5.41 Å². The minimum absolute atomic E-state index is 0.0224. The lowest BCUT2D eigenvalue weighted by molar-refractivity contribution is -0.119. The predicted octanol–water partition coefficient (Wildman–Crippen LogP) is 0.285. The Kier molecular flexibility index (Phi) is 2.49. The second kappa shape index (κ2) is 3.22. The van der Waals surface area contributed by atoms with Crippen molar-refractivity contribution in [2.75, 3.05) is 13.2 Å². The second-order valence-electron chi connectivity index (χ2n) is 3.38. The Morgan fingerprint density at radius 3 is 2.64 bits per heavy atom. The smallest absolute Gasteiger partial charge is 0.216 e. The largest absolute Gasteiger partial charge is 0.396 e. The first kappa shape index (κ1) is 8.53. The quantitative estimate of drug-likeness (QED) is 0.616. The zero-order valence-electron chi connectivity index (χ0n) is 6.89. The summed E-state index contributed by atoms with van der Waals surface area (Å²) in [5.74, 6) is 0.0224. The topological polar surface area (TPSA) is 49.3 Å². The Morgan fingerprint density at radius 2 is 2.27 bits per heavy atom. The predicted molar refractivity (Wildman–Crippen MR) is 42.1 cm³/mol. The summed E-state index contributed by atoms with van der Waals surface area (Å²) < 4.78 is 0. The molecule has 1 fully saturated rings. The fourth-order valence-electron chi connectivity index (χ4n) is 1.24. The summed E-state index contributed by atoms with van der Waals surface area (Å²) in [5, 5.41) is 11.5. The number of aliphatic hydroxyl groups is 1. The van der Waals surface area contributed by atoms with Crippen LogP contribution in [0, 0.1) is 5.41 Å². The Hall–Kier alpha value is -0.570. The molecule has 1 amide bonds. The van der Waals surface area contributed by atoms with E-state index in [2.05, 4.69) is 5.32 Å². The molecule has 0 atom stereocenters. The monoisotopic (exact) mass is 157 g/mol. The van der Waals surface area contributed by atoms with Crippen LogP contribution in [0.1, 0.15) is 26.2 Å². The zero-order chi connectivity index (χ0) is 8.32. The highest BCUT2D eigenvalue weighted by atomic mass is 16.3. The molecule has 64 valence electrons. The van der Waals surface area contributed by atoms with Crippen LogP contribution in [-0.2, 0) is 4.79 Å². The van der Waals surface area contributed by atoms with Gasteiger partial charge >= 0.3 is 0 Å². The van der Waals surface area contributed by atoms with Gasteiger partial charge in [-0.3, -0.25) is 4.79 Å². The van der Waals surface area contributed by atoms with Crippen molar-refractivity contribution in [1.29, 1.82) is 0 Å². The van der Waals surface area contributed by atoms with E-state index in [1.54, 1.807) is 0 Å². The summed E-state index contributed by atoms with van der Waals surface area (Å²) in [6.45, 7) is 2.50. The Morgan fingerprint density at radius 1 is 1.64 bits per heavy atom. The SMILES string of the molecule is CC(=O)NCC1(CCO)CC1. The fraction of sp³-hybridized carbons (Fsp3) is 0.875. The molecule has 0 radical (unpaired) electrons. The molecule has 0 aliphatic heterocycles. The van der Waals surface area contributed by atoms with E-state index in [1.807, 2.05) is 0 Å². The molecule has 0 aromatic rings. The maximum absolute atomic E-state index is 10.5. The first-order valence-corrected chi connectivity index (χ1v) is 4.04. The molecule has 3 nitrogen and oxygen atoms in total. The Balaban J connectivity index is 2.19. The Bertz CT molecular complexity index is 152. The van der Waals surface area contributed by atoms with Crippen molar-refractivity contribution in [1.82, 2.24) is 5.32 Å². The van der Waals surface area contributed by atoms with Crippen LogP contribution in [0.5, 0.6) is 0 Å². The van der Waals surface area contributed by atoms with Crippen LogP contribution in [0.4, 0.5) is 0 Å². The standard InChI is InChI=1S/C8H15NO2/c1-7(11)9-6-8(2-3-8)4-5-10/h10H,2-6H2,1H3,(H,9,11). The Labute approximate surface area is 66.8 Å². The first-order valence-electron chi connectivity index (χ1n) is 4.04. The van der Waals surface area contributed by atoms with Crippen LogP contribution in [0.25, 0.3) is 0 Å². The van der Waals surface area contributed by atoms with Crippen molar-refractivity contribution in [3.8, 4) is 0 Å². The van der Waals surface area contributed by atoms with Gasteiger partial charge in [-0.2, -0.15) is 0 Å². The average Bonchev–Trinajstić information content (AvgIpc) is 2.67. The summed E-state index contributed by atoms with van der Waals surface area (Å²) in [6, 6.07) is 0. The second-order valence-corrected chi connectivity index (χ2v) is 3.38. The fourth-order valence-corrected chi connectivity index (χ4v) is 1.24. The number of nitrogens with one attached hydrogen (secondary N) is 1. The molecule has 1 saturated carbocycles. The average molecular weight is 157 g/mol. The number of hydrogen-bond acceptors (Lipinski definition) is 2. The van der Waals surface area contributed by atoms with Crippen molar-refractivity contribution in [2.45, 2.75) is 26.2 Å². The summed E-state index contributed by atoms with van der Waals surface area (Å²) in [4.78, 5) is 10.5. The first-order chi connectivity index (χ1) is 5.18. The van der Waals surface area contributed by atoms with Gasteiger partial charge < -0.3 is 10.4 Å². The molecule has 1 aliphatic rings. The van der Waals surface area contributed by atoms with Gasteiger partial charge in [-0.1, -0.05) is 0 Å². The minimum atomic E-state index is 0.0224. The maximum atomic E-state index is 10.5. The van der Waals surface area contributed by atoms with Gasteiger partial charge in [0.2, 0.25) is 5.91 Å². The molecule has 3 heteroatoms. The molecule has 0 aromatic heterocycles. The van der Waals surface area contributed by atoms with Crippen molar-refractivity contribution < 1.29 is 9.90 Å². The van der Waals surface area contributed by atoms with Crippen LogP contribution in [-0.4, -0.2) is 24.2 Å². The maximum Gasteiger partial charge on any atom is 0.216 e. The third-order valence-corrected chi connectivity index (χ3v) is 2.31. The minimum Gasteiger partial charge on any atom is -0.396 e. The molecule has 0 aromatic carbocycles. The normalized spacial score (nSPS) is 19.5. The molecule has 0 saturated heterocycles. The molecule has 11 heavy (non-hydrogen) atoms. The zero-order valence-corrected chi connectivity index (χ0v) is 6.89. The van der Waals surface area contributed by atoms with Crippen LogP contribution in [0.15, 0.2) is 0 Å². The summed E-state index contributed by atoms with van der Waals surface area (Å²) in [5.41, 5.74) is 0.250. The highest BCUT2D eigenvalue weighted by molar-refractivity contribution is 5.72. The van der Waals surface area contributed by atoms with Gasteiger partial charge in [0, 0.05) is 20.1 Å². The molecule has 2 N–H and O–H groups in total. The highest BCUT2D eigenvalue weighted by Crippen LogP contribution is 2.47. The van der Waals surface area contributed by atoms with Gasteiger partial charge in [-0.25, -0.2) is 0 Å². The third-order valence-electron chi connectivity index (χ3n) is 2.31. The van der Waals surface area contributed by atoms with E-state index in [9.17, 15) is 4.79 Å². The molecular formula is C8H15NO2. The third kappa shape index (κ3) is 2.50. The number of rotatable bonds is 4. The summed E-state index contributed by atoms with van der Waals surface area (Å²) in [6.07, 6.45) is 3.12. The summed E-state index contributed by atoms with van der Waals surface area (Å²) >= 11 is 0. The van der Waals surface area contributed by atoms with Gasteiger partial charge in [0.25, 0.3) is 0 Å². The van der Waals surface area contributed by atoms with E-state index < -0.39 is 0 Å². The lowest BCUT2D eigenvalue weighted by Crippen LogP contribution is -2.28. The van der Waals surface area contributed by atoms with Crippen molar-refractivity contribution in [3.05, 3.63) is 0 Å². The summed E-state index contributed by atoms with van der Waals surface area (Å²) in [7, 11) is 0. The number of hydrogen-bond donors (Lipinski definition) is 2. The van der Waals surface area contributed by atoms with Gasteiger partial charge in [0.1, 0.15) is 0 Å². The molecular weight excluding hydrogens is 142 g/mol. The molecule has 0 spiro atoms. The van der Waals surface area contributed by atoms with E-state index in [0.717, 1.165) is 25.8 Å². The van der Waals surface area contributed by atoms with Crippen LogP contribution >= 0.6 is 0 Å². The van der Waals surface area contributed by atoms with Crippen LogP contribution < -0.4 is 5.32 Å². The van der Waals surface area contributed by atoms with E-state index >= 15 is 0 Å². The van der Waals surface area contributed by atoms with Gasteiger partial charge in [0.05, 0.1) is 0 Å². The lowest BCUT2D eigenvalue weighted by atomic mass is 10.0. The van der Waals surface area contributed by atoms with Crippen LogP contribution in [0.2, 0.25) is 0 Å². The molecule has 1 rings (SSSR count). The number of carbonyl (C=O) groups excluding carboxylic acids is 1.